The van der Waals surface area contributed by atoms with Crippen LogP contribution in [0.15, 0.2) is 12.4 Å². The maximum absolute atomic E-state index is 9.07. The standard InChI is InChI=1S/C13H22N2O2/c1-2-15-8-7-14-13(15)10-17-12-5-3-11(9-16)4-6-12/h7-8,11-12,16H,2-6,9-10H2,1H3. The first-order valence-electron chi connectivity index (χ1n) is 6.56. The SMILES string of the molecule is CCn1ccnc1COC1CCC(CO)CC1. The van der Waals surface area contributed by atoms with Crippen LogP contribution in [0.4, 0.5) is 0 Å². The number of aliphatic hydroxyl groups excluding tert-OH is 1. The Bertz CT molecular complexity index is 330. The molecule has 1 aliphatic rings. The van der Waals surface area contributed by atoms with E-state index in [1.807, 2.05) is 12.4 Å². The summed E-state index contributed by atoms with van der Waals surface area (Å²) in [6, 6.07) is 0. The molecule has 0 aromatic carbocycles. The minimum atomic E-state index is 0.326. The van der Waals surface area contributed by atoms with E-state index < -0.39 is 0 Å². The van der Waals surface area contributed by atoms with Gasteiger partial charge in [0.05, 0.1) is 6.10 Å². The van der Waals surface area contributed by atoms with Gasteiger partial charge < -0.3 is 14.4 Å². The van der Waals surface area contributed by atoms with Crippen LogP contribution in [-0.4, -0.2) is 27.4 Å². The summed E-state index contributed by atoms with van der Waals surface area (Å²) < 4.78 is 8.01. The van der Waals surface area contributed by atoms with Crippen LogP contribution in [0.5, 0.6) is 0 Å². The fourth-order valence-electron chi connectivity index (χ4n) is 2.44. The Morgan fingerprint density at radius 3 is 2.82 bits per heavy atom. The minimum Gasteiger partial charge on any atom is -0.396 e. The molecule has 1 N–H and O–H groups in total. The lowest BCUT2D eigenvalue weighted by Gasteiger charge is -2.27. The summed E-state index contributed by atoms with van der Waals surface area (Å²) in [7, 11) is 0. The molecule has 0 radical (unpaired) electrons. The number of ether oxygens (including phenoxy) is 1. The van der Waals surface area contributed by atoms with Gasteiger partial charge in [-0.25, -0.2) is 4.98 Å². The van der Waals surface area contributed by atoms with Crippen molar-refractivity contribution in [1.29, 1.82) is 0 Å². The molecule has 1 aromatic rings. The van der Waals surface area contributed by atoms with Gasteiger partial charge in [0.2, 0.25) is 0 Å². The second-order valence-electron chi connectivity index (χ2n) is 4.77. The zero-order valence-electron chi connectivity index (χ0n) is 10.5. The van der Waals surface area contributed by atoms with Crippen LogP contribution in [0, 0.1) is 5.92 Å². The van der Waals surface area contributed by atoms with Crippen molar-refractivity contribution in [2.75, 3.05) is 6.61 Å². The summed E-state index contributed by atoms with van der Waals surface area (Å²) in [5.74, 6) is 1.50. The first kappa shape index (κ1) is 12.6. The lowest BCUT2D eigenvalue weighted by Crippen LogP contribution is -2.23. The monoisotopic (exact) mass is 238 g/mol. The zero-order valence-corrected chi connectivity index (χ0v) is 10.5. The molecule has 0 amide bonds. The topological polar surface area (TPSA) is 47.3 Å². The number of rotatable bonds is 5. The Kier molecular flexibility index (Phi) is 4.57. The van der Waals surface area contributed by atoms with Crippen molar-refractivity contribution in [2.45, 2.75) is 51.9 Å². The van der Waals surface area contributed by atoms with Gasteiger partial charge in [-0.3, -0.25) is 0 Å². The minimum absolute atomic E-state index is 0.326. The van der Waals surface area contributed by atoms with E-state index in [9.17, 15) is 0 Å². The summed E-state index contributed by atoms with van der Waals surface area (Å²) in [5, 5.41) is 9.07. The summed E-state index contributed by atoms with van der Waals surface area (Å²) in [6.07, 6.45) is 8.47. The third kappa shape index (κ3) is 3.30. The molecule has 0 saturated heterocycles. The number of nitrogens with zero attached hydrogens (tertiary/aromatic N) is 2. The highest BCUT2D eigenvalue weighted by Crippen LogP contribution is 2.26. The molecule has 96 valence electrons. The first-order chi connectivity index (χ1) is 8.33. The number of aromatic nitrogens is 2. The Balaban J connectivity index is 1.76. The van der Waals surface area contributed by atoms with Crippen molar-refractivity contribution in [3.8, 4) is 0 Å². The quantitative estimate of drug-likeness (QED) is 0.853. The van der Waals surface area contributed by atoms with Gasteiger partial charge in [-0.1, -0.05) is 0 Å². The number of hydrogen-bond donors (Lipinski definition) is 1. The lowest BCUT2D eigenvalue weighted by molar-refractivity contribution is -0.00264. The van der Waals surface area contributed by atoms with Crippen LogP contribution < -0.4 is 0 Å². The van der Waals surface area contributed by atoms with E-state index in [2.05, 4.69) is 16.5 Å². The van der Waals surface area contributed by atoms with Crippen LogP contribution in [-0.2, 0) is 17.9 Å². The van der Waals surface area contributed by atoms with E-state index in [1.54, 1.807) is 0 Å². The van der Waals surface area contributed by atoms with Gasteiger partial charge in [0.15, 0.2) is 0 Å². The molecular weight excluding hydrogens is 216 g/mol. The van der Waals surface area contributed by atoms with Crippen LogP contribution in [0.2, 0.25) is 0 Å². The summed E-state index contributed by atoms with van der Waals surface area (Å²) in [4.78, 5) is 4.30. The molecule has 0 atom stereocenters. The van der Waals surface area contributed by atoms with Gasteiger partial charge in [-0.2, -0.15) is 0 Å². The highest BCUT2D eigenvalue weighted by atomic mass is 16.5. The van der Waals surface area contributed by atoms with Gasteiger partial charge >= 0.3 is 0 Å². The maximum Gasteiger partial charge on any atom is 0.134 e. The Morgan fingerprint density at radius 2 is 2.18 bits per heavy atom. The molecule has 2 rings (SSSR count). The number of aryl methyl sites for hydroxylation is 1. The largest absolute Gasteiger partial charge is 0.396 e. The fraction of sp³-hybridized carbons (Fsp3) is 0.769. The van der Waals surface area contributed by atoms with E-state index in [4.69, 9.17) is 9.84 Å². The smallest absolute Gasteiger partial charge is 0.134 e. The lowest BCUT2D eigenvalue weighted by atomic mass is 9.88. The third-order valence-electron chi connectivity index (χ3n) is 3.64. The van der Waals surface area contributed by atoms with E-state index in [-0.39, 0.29) is 0 Å². The summed E-state index contributed by atoms with van der Waals surface area (Å²) in [5.41, 5.74) is 0. The zero-order chi connectivity index (χ0) is 12.1. The number of aliphatic hydroxyl groups is 1. The molecule has 17 heavy (non-hydrogen) atoms. The second kappa shape index (κ2) is 6.17. The fourth-order valence-corrected chi connectivity index (χ4v) is 2.44. The van der Waals surface area contributed by atoms with Gasteiger partial charge in [-0.05, 0) is 38.5 Å². The molecule has 0 spiro atoms. The Hall–Kier alpha value is -0.870. The molecule has 4 heteroatoms. The van der Waals surface area contributed by atoms with Crippen LogP contribution in [0.1, 0.15) is 38.4 Å². The van der Waals surface area contributed by atoms with Crippen LogP contribution in [0.25, 0.3) is 0 Å². The first-order valence-corrected chi connectivity index (χ1v) is 6.56. The number of hydrogen-bond acceptors (Lipinski definition) is 3. The molecule has 1 fully saturated rings. The predicted octanol–water partition coefficient (Wildman–Crippen LogP) is 1.97. The molecule has 1 heterocycles. The molecular formula is C13H22N2O2. The van der Waals surface area contributed by atoms with Gasteiger partial charge in [0, 0.05) is 25.5 Å². The van der Waals surface area contributed by atoms with Crippen molar-refractivity contribution >= 4 is 0 Å². The normalized spacial score (nSPS) is 25.1. The summed E-state index contributed by atoms with van der Waals surface area (Å²) in [6.45, 7) is 3.98. The predicted molar refractivity (Wildman–Crippen MR) is 65.5 cm³/mol. The number of imidazole rings is 1. The van der Waals surface area contributed by atoms with Gasteiger partial charge in [0.1, 0.15) is 12.4 Å². The average Bonchev–Trinajstić information content (AvgIpc) is 2.84. The van der Waals surface area contributed by atoms with Crippen molar-refractivity contribution < 1.29 is 9.84 Å². The molecule has 1 aromatic heterocycles. The molecule has 1 saturated carbocycles. The van der Waals surface area contributed by atoms with Crippen molar-refractivity contribution in [3.05, 3.63) is 18.2 Å². The third-order valence-corrected chi connectivity index (χ3v) is 3.64. The van der Waals surface area contributed by atoms with E-state index in [0.717, 1.165) is 38.1 Å². The second-order valence-corrected chi connectivity index (χ2v) is 4.77. The highest BCUT2D eigenvalue weighted by Gasteiger charge is 2.21. The van der Waals surface area contributed by atoms with E-state index in [1.165, 1.54) is 0 Å². The van der Waals surface area contributed by atoms with E-state index >= 15 is 0 Å². The molecule has 0 bridgehead atoms. The molecule has 1 aliphatic carbocycles. The van der Waals surface area contributed by atoms with Crippen molar-refractivity contribution in [3.63, 3.8) is 0 Å². The Labute approximate surface area is 103 Å². The van der Waals surface area contributed by atoms with Crippen LogP contribution in [0.3, 0.4) is 0 Å². The van der Waals surface area contributed by atoms with Gasteiger partial charge in [-0.15, -0.1) is 0 Å². The van der Waals surface area contributed by atoms with Crippen LogP contribution >= 0.6 is 0 Å². The maximum atomic E-state index is 9.07. The summed E-state index contributed by atoms with van der Waals surface area (Å²) >= 11 is 0. The highest BCUT2D eigenvalue weighted by molar-refractivity contribution is 4.90. The van der Waals surface area contributed by atoms with Gasteiger partial charge in [0.25, 0.3) is 0 Å². The molecule has 0 unspecified atom stereocenters. The molecule has 4 nitrogen and oxygen atoms in total. The van der Waals surface area contributed by atoms with E-state index in [0.29, 0.717) is 25.2 Å². The van der Waals surface area contributed by atoms with Crippen molar-refractivity contribution in [2.24, 2.45) is 5.92 Å². The van der Waals surface area contributed by atoms with Crippen molar-refractivity contribution in [1.82, 2.24) is 9.55 Å². The average molecular weight is 238 g/mol. The molecule has 0 aliphatic heterocycles. The Morgan fingerprint density at radius 1 is 1.41 bits per heavy atom.